The average molecular weight is 885 g/mol. The number of benzene rings is 5. The van der Waals surface area contributed by atoms with Gasteiger partial charge in [-0.3, -0.25) is 19.7 Å². The van der Waals surface area contributed by atoms with Gasteiger partial charge in [-0.2, -0.15) is 0 Å². The van der Waals surface area contributed by atoms with Crippen molar-refractivity contribution in [3.8, 4) is 0 Å². The normalized spacial score (nSPS) is 14.6. The van der Waals surface area contributed by atoms with Crippen molar-refractivity contribution in [2.45, 2.75) is 56.3 Å². The molecule has 5 aromatic carbocycles. The van der Waals surface area contributed by atoms with E-state index in [9.17, 15) is 19.2 Å². The van der Waals surface area contributed by atoms with E-state index >= 15 is 0 Å². The molecule has 13 heteroatoms. The lowest BCUT2D eigenvalue weighted by Gasteiger charge is -2.43. The van der Waals surface area contributed by atoms with E-state index in [1.165, 1.54) is 10.4 Å². The zero-order chi connectivity index (χ0) is 45.3. The maximum absolute atomic E-state index is 14.1. The van der Waals surface area contributed by atoms with Crippen molar-refractivity contribution >= 4 is 42.4 Å². The Bertz CT molecular complexity index is 2090. The van der Waals surface area contributed by atoms with Crippen LogP contribution in [0.1, 0.15) is 50.3 Å². The Hall–Kier alpha value is -5.96. The molecule has 1 aliphatic rings. The summed E-state index contributed by atoms with van der Waals surface area (Å²) < 4.78 is 23.3. The fourth-order valence-corrected chi connectivity index (χ4v) is 12.9. The summed E-state index contributed by atoms with van der Waals surface area (Å²) >= 11 is 0. The standard InChI is InChI=1S/C51H60N4O8Si/c1-50(2,3)64(42-25-15-7-16-26-42,43-27-17-8-18-28-43)63-34-31-52-47(57)38-61-36-35-60-33-30-53-48(58)45(37-46(56)54-44-29-32-62-49(44)59)55-51(39-19-9-4-10-20-39,40-21-11-5-12-22-40)41-23-13-6-14-24-41/h4-28,44-45,55H,29-38H2,1-3H3,(H,52,57)(H,53,58)(H,54,56)/t44-,45-/m0/s1. The first-order valence-electron chi connectivity index (χ1n) is 21.9. The summed E-state index contributed by atoms with van der Waals surface area (Å²) in [6.07, 6.45) is 0.105. The second kappa shape index (κ2) is 23.1. The molecule has 0 aliphatic carbocycles. The maximum atomic E-state index is 14.1. The highest BCUT2D eigenvalue weighted by atomic mass is 28.4. The number of esters is 1. The molecule has 5 aromatic rings. The van der Waals surface area contributed by atoms with Crippen LogP contribution in [0.5, 0.6) is 0 Å². The van der Waals surface area contributed by atoms with Crippen molar-refractivity contribution in [3.63, 3.8) is 0 Å². The Labute approximate surface area is 377 Å². The number of carbonyl (C=O) groups is 4. The number of carbonyl (C=O) groups excluding carboxylic acids is 4. The van der Waals surface area contributed by atoms with Gasteiger partial charge in [0.25, 0.3) is 8.32 Å². The first-order valence-corrected chi connectivity index (χ1v) is 23.8. The van der Waals surface area contributed by atoms with Crippen molar-refractivity contribution in [3.05, 3.63) is 168 Å². The topological polar surface area (TPSA) is 153 Å². The fourth-order valence-electron chi connectivity index (χ4n) is 8.31. The first-order chi connectivity index (χ1) is 31.0. The molecule has 0 unspecified atom stereocenters. The molecule has 336 valence electrons. The van der Waals surface area contributed by atoms with Crippen LogP contribution in [0.4, 0.5) is 0 Å². The van der Waals surface area contributed by atoms with Crippen LogP contribution in [0.15, 0.2) is 152 Å². The number of hydrogen-bond acceptors (Lipinski definition) is 9. The van der Waals surface area contributed by atoms with Crippen molar-refractivity contribution in [1.29, 1.82) is 0 Å². The number of hydrogen-bond donors (Lipinski definition) is 4. The predicted molar refractivity (Wildman–Crippen MR) is 249 cm³/mol. The Kier molecular flexibility index (Phi) is 17.2. The van der Waals surface area contributed by atoms with Gasteiger partial charge in [0.1, 0.15) is 12.6 Å². The highest BCUT2D eigenvalue weighted by Gasteiger charge is 2.50. The maximum Gasteiger partial charge on any atom is 0.328 e. The monoisotopic (exact) mass is 884 g/mol. The second-order valence-corrected chi connectivity index (χ2v) is 20.9. The zero-order valence-electron chi connectivity index (χ0n) is 36.9. The molecule has 0 spiro atoms. The van der Waals surface area contributed by atoms with Gasteiger partial charge in [0, 0.05) is 19.5 Å². The van der Waals surface area contributed by atoms with Gasteiger partial charge < -0.3 is 34.6 Å². The van der Waals surface area contributed by atoms with Crippen LogP contribution in [0.3, 0.4) is 0 Å². The Balaban J connectivity index is 1.01. The largest absolute Gasteiger partial charge is 0.464 e. The highest BCUT2D eigenvalue weighted by molar-refractivity contribution is 6.99. The lowest BCUT2D eigenvalue weighted by molar-refractivity contribution is -0.141. The fraction of sp³-hybridized carbons (Fsp3) is 0.333. The predicted octanol–water partition coefficient (Wildman–Crippen LogP) is 4.60. The summed E-state index contributed by atoms with van der Waals surface area (Å²) in [5, 5.41) is 14.4. The Morgan fingerprint density at radius 1 is 0.641 bits per heavy atom. The molecule has 1 saturated heterocycles. The van der Waals surface area contributed by atoms with E-state index in [0.29, 0.717) is 19.6 Å². The summed E-state index contributed by atoms with van der Waals surface area (Å²) in [6.45, 7) is 8.07. The summed E-state index contributed by atoms with van der Waals surface area (Å²) in [6, 6.07) is 48.2. The van der Waals surface area contributed by atoms with Gasteiger partial charge in [-0.25, -0.2) is 4.79 Å². The zero-order valence-corrected chi connectivity index (χ0v) is 37.9. The van der Waals surface area contributed by atoms with Crippen molar-refractivity contribution in [1.82, 2.24) is 21.3 Å². The molecule has 0 aromatic heterocycles. The number of nitrogens with one attached hydrogen (secondary N) is 4. The van der Waals surface area contributed by atoms with Gasteiger partial charge in [-0.05, 0) is 32.1 Å². The summed E-state index contributed by atoms with van der Waals surface area (Å²) in [4.78, 5) is 52.6. The number of rotatable bonds is 23. The molecule has 0 bridgehead atoms. The van der Waals surface area contributed by atoms with E-state index in [-0.39, 0.29) is 56.9 Å². The van der Waals surface area contributed by atoms with E-state index in [1.807, 2.05) is 127 Å². The van der Waals surface area contributed by atoms with E-state index in [0.717, 1.165) is 16.7 Å². The van der Waals surface area contributed by atoms with Crippen molar-refractivity contribution in [2.24, 2.45) is 0 Å². The van der Waals surface area contributed by atoms with Gasteiger partial charge in [-0.15, -0.1) is 0 Å². The molecule has 1 fully saturated rings. The average Bonchev–Trinajstić information content (AvgIpc) is 3.72. The first kappa shape index (κ1) is 47.5. The molecule has 6 rings (SSSR count). The lowest BCUT2D eigenvalue weighted by Crippen LogP contribution is -2.67. The SMILES string of the molecule is CC(C)(C)[Si](OCCNC(=O)COCCOCCNC(=O)[C@H](CC(=O)N[C@H]1CCOC1=O)NC(c1ccccc1)(c1ccccc1)c1ccccc1)(c1ccccc1)c1ccccc1. The summed E-state index contributed by atoms with van der Waals surface area (Å²) in [5.74, 6) is -1.65. The third kappa shape index (κ3) is 12.0. The minimum atomic E-state index is -2.71. The summed E-state index contributed by atoms with van der Waals surface area (Å²) in [5.41, 5.74) is 1.55. The van der Waals surface area contributed by atoms with Gasteiger partial charge in [0.05, 0.1) is 51.0 Å². The van der Waals surface area contributed by atoms with Crippen molar-refractivity contribution < 1.29 is 37.8 Å². The van der Waals surface area contributed by atoms with Gasteiger partial charge in [0.2, 0.25) is 17.7 Å². The van der Waals surface area contributed by atoms with E-state index in [1.54, 1.807) is 0 Å². The van der Waals surface area contributed by atoms with Crippen LogP contribution in [0.2, 0.25) is 5.04 Å². The third-order valence-electron chi connectivity index (χ3n) is 11.3. The number of ether oxygens (including phenoxy) is 3. The quantitative estimate of drug-likeness (QED) is 0.0319. The van der Waals surface area contributed by atoms with E-state index in [4.69, 9.17) is 18.6 Å². The summed E-state index contributed by atoms with van der Waals surface area (Å²) in [7, 11) is -2.71. The van der Waals surface area contributed by atoms with Crippen LogP contribution in [-0.2, 0) is 43.4 Å². The Morgan fingerprint density at radius 2 is 1.12 bits per heavy atom. The van der Waals surface area contributed by atoms with Crippen LogP contribution in [0.25, 0.3) is 0 Å². The minimum absolute atomic E-state index is 0.140. The minimum Gasteiger partial charge on any atom is -0.464 e. The van der Waals surface area contributed by atoms with E-state index in [2.05, 4.69) is 66.3 Å². The lowest BCUT2D eigenvalue weighted by atomic mass is 9.76. The molecule has 0 radical (unpaired) electrons. The van der Waals surface area contributed by atoms with Crippen LogP contribution < -0.4 is 31.6 Å². The van der Waals surface area contributed by atoms with Gasteiger partial charge in [-0.1, -0.05) is 172 Å². The van der Waals surface area contributed by atoms with Crippen LogP contribution in [-0.4, -0.2) is 96.8 Å². The molecule has 64 heavy (non-hydrogen) atoms. The third-order valence-corrected chi connectivity index (χ3v) is 16.3. The van der Waals surface area contributed by atoms with E-state index < -0.39 is 43.7 Å². The molecular formula is C51H60N4O8Si. The Morgan fingerprint density at radius 3 is 1.61 bits per heavy atom. The van der Waals surface area contributed by atoms with Crippen LogP contribution >= 0.6 is 0 Å². The number of amides is 3. The molecule has 4 N–H and O–H groups in total. The van der Waals surface area contributed by atoms with Crippen LogP contribution in [0, 0.1) is 0 Å². The molecule has 1 heterocycles. The second-order valence-electron chi connectivity index (χ2n) is 16.6. The highest BCUT2D eigenvalue weighted by Crippen LogP contribution is 2.38. The molecular weight excluding hydrogens is 825 g/mol. The molecule has 3 amide bonds. The molecule has 0 saturated carbocycles. The molecule has 2 atom stereocenters. The smallest absolute Gasteiger partial charge is 0.328 e. The number of cyclic esters (lactones) is 1. The molecule has 12 nitrogen and oxygen atoms in total. The van der Waals surface area contributed by atoms with Gasteiger partial charge in [0.15, 0.2) is 0 Å². The molecule has 1 aliphatic heterocycles. The van der Waals surface area contributed by atoms with Gasteiger partial charge >= 0.3 is 5.97 Å². The van der Waals surface area contributed by atoms with Crippen molar-refractivity contribution in [2.75, 3.05) is 52.7 Å².